The molecule has 2 heterocycles. The van der Waals surface area contributed by atoms with E-state index in [2.05, 4.69) is 22.8 Å². The van der Waals surface area contributed by atoms with Gasteiger partial charge in [0.2, 0.25) is 11.8 Å². The minimum atomic E-state index is -0.409. The number of carbonyl (C=O) groups excluding carboxylic acids is 2. The van der Waals surface area contributed by atoms with Gasteiger partial charge in [0, 0.05) is 45.6 Å². The van der Waals surface area contributed by atoms with Gasteiger partial charge in [0.15, 0.2) is 0 Å². The number of rotatable bonds is 5. The monoisotopic (exact) mass is 345 g/mol. The second kappa shape index (κ2) is 7.54. The number of benzene rings is 1. The van der Waals surface area contributed by atoms with Crippen molar-refractivity contribution >= 4 is 11.8 Å². The lowest BCUT2D eigenvalue weighted by Crippen LogP contribution is -2.64. The first-order valence-corrected chi connectivity index (χ1v) is 8.89. The van der Waals surface area contributed by atoms with E-state index in [1.165, 1.54) is 5.56 Å². The standard InChI is InChI=1S/C19H27N3O3/c1-14(23)21-19-12-20-18(15-6-4-3-5-7-15)16(19)8-10-22(13-19)17(24)9-11-25-2/h3-7,16,18,20H,8-13H2,1-2H3,(H,21,23)/t16-,18-,19+/m1/s1. The van der Waals surface area contributed by atoms with Crippen LogP contribution in [0.25, 0.3) is 0 Å². The maximum absolute atomic E-state index is 12.4. The molecule has 6 heteroatoms. The van der Waals surface area contributed by atoms with E-state index in [0.29, 0.717) is 26.1 Å². The fourth-order valence-electron chi connectivity index (χ4n) is 4.31. The summed E-state index contributed by atoms with van der Waals surface area (Å²) < 4.78 is 5.02. The van der Waals surface area contributed by atoms with Gasteiger partial charge in [-0.3, -0.25) is 9.59 Å². The van der Waals surface area contributed by atoms with Crippen molar-refractivity contribution in [1.82, 2.24) is 15.5 Å². The Morgan fingerprint density at radius 3 is 2.80 bits per heavy atom. The van der Waals surface area contributed by atoms with Gasteiger partial charge in [0.1, 0.15) is 0 Å². The maximum Gasteiger partial charge on any atom is 0.224 e. The summed E-state index contributed by atoms with van der Waals surface area (Å²) in [7, 11) is 1.60. The molecule has 1 aromatic rings. The van der Waals surface area contributed by atoms with E-state index in [4.69, 9.17) is 4.74 Å². The van der Waals surface area contributed by atoms with Gasteiger partial charge in [-0.25, -0.2) is 0 Å². The van der Waals surface area contributed by atoms with Crippen LogP contribution in [0.3, 0.4) is 0 Å². The highest BCUT2D eigenvalue weighted by Gasteiger charge is 2.52. The van der Waals surface area contributed by atoms with E-state index < -0.39 is 5.54 Å². The molecule has 0 saturated carbocycles. The van der Waals surface area contributed by atoms with Gasteiger partial charge in [0.05, 0.1) is 18.6 Å². The van der Waals surface area contributed by atoms with Gasteiger partial charge in [-0.1, -0.05) is 30.3 Å². The highest BCUT2D eigenvalue weighted by atomic mass is 16.5. The van der Waals surface area contributed by atoms with E-state index >= 15 is 0 Å². The maximum atomic E-state index is 12.4. The van der Waals surface area contributed by atoms with Crippen LogP contribution >= 0.6 is 0 Å². The van der Waals surface area contributed by atoms with Gasteiger partial charge < -0.3 is 20.3 Å². The van der Waals surface area contributed by atoms with Crippen LogP contribution in [0, 0.1) is 5.92 Å². The number of hydrogen-bond acceptors (Lipinski definition) is 4. The fourth-order valence-corrected chi connectivity index (χ4v) is 4.31. The first-order valence-electron chi connectivity index (χ1n) is 8.89. The normalized spacial score (nSPS) is 28.5. The molecule has 0 aliphatic carbocycles. The fraction of sp³-hybridized carbons (Fsp3) is 0.579. The van der Waals surface area contributed by atoms with E-state index in [9.17, 15) is 9.59 Å². The molecule has 0 radical (unpaired) electrons. The molecule has 0 bridgehead atoms. The van der Waals surface area contributed by atoms with Gasteiger partial charge in [-0.2, -0.15) is 0 Å². The first-order chi connectivity index (χ1) is 12.1. The third-order valence-electron chi connectivity index (χ3n) is 5.39. The number of nitrogens with zero attached hydrogens (tertiary/aromatic N) is 1. The molecule has 0 spiro atoms. The van der Waals surface area contributed by atoms with Crippen LogP contribution in [0.2, 0.25) is 0 Å². The number of piperidine rings is 1. The molecule has 2 aliphatic rings. The van der Waals surface area contributed by atoms with E-state index in [1.54, 1.807) is 14.0 Å². The quantitative estimate of drug-likeness (QED) is 0.838. The van der Waals surface area contributed by atoms with Crippen LogP contribution in [0.1, 0.15) is 31.4 Å². The van der Waals surface area contributed by atoms with Crippen molar-refractivity contribution in [2.24, 2.45) is 5.92 Å². The highest BCUT2D eigenvalue weighted by Crippen LogP contribution is 2.42. The first kappa shape index (κ1) is 17.9. The van der Waals surface area contributed by atoms with Crippen LogP contribution in [0.5, 0.6) is 0 Å². The van der Waals surface area contributed by atoms with Crippen LogP contribution in [0.15, 0.2) is 30.3 Å². The van der Waals surface area contributed by atoms with Crippen molar-refractivity contribution in [3.8, 4) is 0 Å². The zero-order valence-corrected chi connectivity index (χ0v) is 15.0. The molecule has 0 aromatic heterocycles. The zero-order chi connectivity index (χ0) is 17.9. The largest absolute Gasteiger partial charge is 0.384 e. The Morgan fingerprint density at radius 2 is 2.12 bits per heavy atom. The van der Waals surface area contributed by atoms with Crippen molar-refractivity contribution in [2.45, 2.75) is 31.3 Å². The van der Waals surface area contributed by atoms with E-state index in [1.807, 2.05) is 23.1 Å². The molecule has 1 aromatic carbocycles. The predicted molar refractivity (Wildman–Crippen MR) is 94.9 cm³/mol. The molecule has 3 rings (SSSR count). The van der Waals surface area contributed by atoms with Gasteiger partial charge in [-0.15, -0.1) is 0 Å². The molecule has 2 saturated heterocycles. The number of amides is 2. The summed E-state index contributed by atoms with van der Waals surface area (Å²) in [6.07, 6.45) is 1.25. The minimum Gasteiger partial charge on any atom is -0.384 e. The number of fused-ring (bicyclic) bond motifs is 1. The Bertz CT molecular complexity index is 622. The molecule has 3 atom stereocenters. The Balaban J connectivity index is 1.81. The van der Waals surface area contributed by atoms with Crippen molar-refractivity contribution < 1.29 is 14.3 Å². The topological polar surface area (TPSA) is 70.7 Å². The van der Waals surface area contributed by atoms with Gasteiger partial charge >= 0.3 is 0 Å². The van der Waals surface area contributed by atoms with E-state index in [0.717, 1.165) is 13.0 Å². The second-order valence-corrected chi connectivity index (χ2v) is 7.06. The zero-order valence-electron chi connectivity index (χ0n) is 15.0. The van der Waals surface area contributed by atoms with Gasteiger partial charge in [0.25, 0.3) is 0 Å². The average molecular weight is 345 g/mol. The van der Waals surface area contributed by atoms with Crippen molar-refractivity contribution in [2.75, 3.05) is 33.4 Å². The number of nitrogens with one attached hydrogen (secondary N) is 2. The second-order valence-electron chi connectivity index (χ2n) is 7.06. The summed E-state index contributed by atoms with van der Waals surface area (Å²) >= 11 is 0. The molecule has 2 aliphatic heterocycles. The Morgan fingerprint density at radius 1 is 1.36 bits per heavy atom. The summed E-state index contributed by atoms with van der Waals surface area (Å²) in [5.41, 5.74) is 0.826. The van der Waals surface area contributed by atoms with Crippen LogP contribution in [-0.2, 0) is 14.3 Å². The molecular weight excluding hydrogens is 318 g/mol. The smallest absolute Gasteiger partial charge is 0.224 e. The molecule has 2 amide bonds. The third kappa shape index (κ3) is 3.70. The lowest BCUT2D eigenvalue weighted by atomic mass is 9.75. The van der Waals surface area contributed by atoms with Crippen molar-refractivity contribution in [1.29, 1.82) is 0 Å². The summed E-state index contributed by atoms with van der Waals surface area (Å²) in [4.78, 5) is 26.2. The van der Waals surface area contributed by atoms with Crippen molar-refractivity contribution in [3.05, 3.63) is 35.9 Å². The minimum absolute atomic E-state index is 0.0493. The van der Waals surface area contributed by atoms with E-state index in [-0.39, 0.29) is 23.8 Å². The Hall–Kier alpha value is -1.92. The molecule has 2 N–H and O–H groups in total. The lowest BCUT2D eigenvalue weighted by molar-refractivity contribution is -0.137. The third-order valence-corrected chi connectivity index (χ3v) is 5.39. The Kier molecular flexibility index (Phi) is 5.39. The molecule has 6 nitrogen and oxygen atoms in total. The molecule has 25 heavy (non-hydrogen) atoms. The number of hydrogen-bond donors (Lipinski definition) is 2. The SMILES string of the molecule is COCCC(=O)N1CC[C@@H]2[C@@H](c3ccccc3)NC[C@]2(NC(C)=O)C1. The van der Waals surface area contributed by atoms with Crippen LogP contribution in [0.4, 0.5) is 0 Å². The number of likely N-dealkylation sites (tertiary alicyclic amines) is 1. The highest BCUT2D eigenvalue weighted by molar-refractivity contribution is 5.77. The average Bonchev–Trinajstić information content (AvgIpc) is 2.97. The summed E-state index contributed by atoms with van der Waals surface area (Å²) in [6, 6.07) is 10.5. The number of methoxy groups -OCH3 is 1. The summed E-state index contributed by atoms with van der Waals surface area (Å²) in [6.45, 7) is 3.92. The molecule has 2 fully saturated rings. The van der Waals surface area contributed by atoms with Crippen LogP contribution < -0.4 is 10.6 Å². The van der Waals surface area contributed by atoms with Crippen LogP contribution in [-0.4, -0.2) is 55.6 Å². The predicted octanol–water partition coefficient (Wildman–Crippen LogP) is 1.09. The summed E-state index contributed by atoms with van der Waals surface area (Å²) in [5, 5.41) is 6.76. The molecule has 136 valence electrons. The van der Waals surface area contributed by atoms with Crippen molar-refractivity contribution in [3.63, 3.8) is 0 Å². The Labute approximate surface area is 148 Å². The molecular formula is C19H27N3O3. The lowest BCUT2D eigenvalue weighted by Gasteiger charge is -2.45. The number of ether oxygens (including phenoxy) is 1. The number of carbonyl (C=O) groups is 2. The summed E-state index contributed by atoms with van der Waals surface area (Å²) in [5.74, 6) is 0.310. The molecule has 0 unspecified atom stereocenters. The van der Waals surface area contributed by atoms with Gasteiger partial charge in [-0.05, 0) is 12.0 Å².